The summed E-state index contributed by atoms with van der Waals surface area (Å²) in [6, 6.07) is 12.4. The molecule has 0 aromatic heterocycles. The Morgan fingerprint density at radius 3 is 2.25 bits per heavy atom. The van der Waals surface area contributed by atoms with Gasteiger partial charge in [0.15, 0.2) is 0 Å². The third kappa shape index (κ3) is 6.31. The van der Waals surface area contributed by atoms with Gasteiger partial charge in [0.05, 0.1) is 40.5 Å². The van der Waals surface area contributed by atoms with E-state index in [9.17, 15) is 9.59 Å². The number of amides is 2. The van der Waals surface area contributed by atoms with Gasteiger partial charge in [-0.25, -0.2) is 5.43 Å². The van der Waals surface area contributed by atoms with Gasteiger partial charge in [0.1, 0.15) is 17.2 Å². The molecule has 0 saturated heterocycles. The molecule has 0 spiro atoms. The van der Waals surface area contributed by atoms with Crippen molar-refractivity contribution in [2.75, 3.05) is 27.9 Å². The number of carbonyl (C=O) groups is 2. The summed E-state index contributed by atoms with van der Waals surface area (Å²) in [5.41, 5.74) is 3.82. The third-order valence-electron chi connectivity index (χ3n) is 3.80. The second kappa shape index (κ2) is 10.6. The lowest BCUT2D eigenvalue weighted by atomic mass is 10.1. The van der Waals surface area contributed by atoms with Crippen molar-refractivity contribution in [3.8, 4) is 17.2 Å². The van der Waals surface area contributed by atoms with E-state index in [4.69, 9.17) is 14.2 Å². The second-order valence-corrected chi connectivity index (χ2v) is 5.70. The van der Waals surface area contributed by atoms with Gasteiger partial charge in [-0.2, -0.15) is 5.10 Å². The zero-order valence-electron chi connectivity index (χ0n) is 16.0. The Bertz CT molecular complexity index is 834. The Labute approximate surface area is 163 Å². The molecule has 0 bridgehead atoms. The molecule has 0 unspecified atom stereocenters. The molecule has 148 valence electrons. The predicted octanol–water partition coefficient (Wildman–Crippen LogP) is 1.52. The van der Waals surface area contributed by atoms with Gasteiger partial charge in [0.25, 0.3) is 5.91 Å². The fraction of sp³-hybridized carbons (Fsp3) is 0.250. The lowest BCUT2D eigenvalue weighted by Gasteiger charge is -2.07. The normalized spacial score (nSPS) is 10.4. The van der Waals surface area contributed by atoms with Gasteiger partial charge in [-0.1, -0.05) is 12.1 Å². The first-order valence-electron chi connectivity index (χ1n) is 8.49. The van der Waals surface area contributed by atoms with E-state index in [1.54, 1.807) is 56.7 Å². The van der Waals surface area contributed by atoms with E-state index in [0.717, 1.165) is 5.56 Å². The predicted molar refractivity (Wildman–Crippen MR) is 105 cm³/mol. The van der Waals surface area contributed by atoms with Crippen molar-refractivity contribution in [2.24, 2.45) is 5.10 Å². The number of rotatable bonds is 9. The summed E-state index contributed by atoms with van der Waals surface area (Å²) < 4.78 is 15.4. The lowest BCUT2D eigenvalue weighted by molar-refractivity contribution is -0.125. The fourth-order valence-corrected chi connectivity index (χ4v) is 2.32. The van der Waals surface area contributed by atoms with Gasteiger partial charge >= 0.3 is 0 Å². The molecule has 0 aliphatic heterocycles. The molecular weight excluding hydrogens is 362 g/mol. The molecule has 2 N–H and O–H groups in total. The number of carbonyl (C=O) groups excluding carboxylic acids is 2. The summed E-state index contributed by atoms with van der Waals surface area (Å²) in [6.45, 7) is -0.179. The Hall–Kier alpha value is -3.55. The van der Waals surface area contributed by atoms with Crippen LogP contribution in [0.3, 0.4) is 0 Å². The van der Waals surface area contributed by atoms with Crippen molar-refractivity contribution in [1.29, 1.82) is 0 Å². The summed E-state index contributed by atoms with van der Waals surface area (Å²) in [6.07, 6.45) is 1.61. The fourth-order valence-electron chi connectivity index (χ4n) is 2.32. The molecule has 0 fully saturated rings. The Morgan fingerprint density at radius 1 is 0.929 bits per heavy atom. The van der Waals surface area contributed by atoms with Crippen molar-refractivity contribution < 1.29 is 23.8 Å². The highest BCUT2D eigenvalue weighted by atomic mass is 16.5. The van der Waals surface area contributed by atoms with Gasteiger partial charge in [-0.15, -0.1) is 0 Å². The zero-order valence-corrected chi connectivity index (χ0v) is 16.0. The number of ether oxygens (including phenoxy) is 3. The van der Waals surface area contributed by atoms with Crippen LogP contribution in [0.15, 0.2) is 47.6 Å². The summed E-state index contributed by atoms with van der Waals surface area (Å²) in [4.78, 5) is 23.8. The highest BCUT2D eigenvalue weighted by Gasteiger charge is 2.07. The first-order valence-corrected chi connectivity index (χ1v) is 8.49. The summed E-state index contributed by atoms with van der Waals surface area (Å²) >= 11 is 0. The van der Waals surface area contributed by atoms with Crippen LogP contribution in [0.1, 0.15) is 11.1 Å². The second-order valence-electron chi connectivity index (χ2n) is 5.70. The molecule has 0 aliphatic carbocycles. The van der Waals surface area contributed by atoms with E-state index in [0.29, 0.717) is 22.8 Å². The Morgan fingerprint density at radius 2 is 1.61 bits per heavy atom. The molecule has 0 radical (unpaired) electrons. The number of nitrogens with zero attached hydrogens (tertiary/aromatic N) is 1. The van der Waals surface area contributed by atoms with Gasteiger partial charge in [-0.05, 0) is 35.9 Å². The van der Waals surface area contributed by atoms with Crippen LogP contribution in [0, 0.1) is 0 Å². The molecule has 8 nitrogen and oxygen atoms in total. The number of hydrogen-bond donors (Lipinski definition) is 2. The number of hydrazone groups is 1. The largest absolute Gasteiger partial charge is 0.497 e. The topological polar surface area (TPSA) is 98.2 Å². The monoisotopic (exact) mass is 385 g/mol. The van der Waals surface area contributed by atoms with E-state index in [1.807, 2.05) is 0 Å². The third-order valence-corrected chi connectivity index (χ3v) is 3.80. The van der Waals surface area contributed by atoms with Crippen molar-refractivity contribution in [3.63, 3.8) is 0 Å². The van der Waals surface area contributed by atoms with Crippen LogP contribution < -0.4 is 25.0 Å². The van der Waals surface area contributed by atoms with Crippen LogP contribution >= 0.6 is 0 Å². The molecule has 0 heterocycles. The average molecular weight is 385 g/mol. The van der Waals surface area contributed by atoms with E-state index < -0.39 is 5.91 Å². The van der Waals surface area contributed by atoms with Crippen LogP contribution in [0.2, 0.25) is 0 Å². The molecule has 2 aromatic carbocycles. The molecule has 2 amide bonds. The highest BCUT2D eigenvalue weighted by Crippen LogP contribution is 2.22. The first-order chi connectivity index (χ1) is 13.5. The number of benzene rings is 2. The number of methoxy groups -OCH3 is 3. The smallest absolute Gasteiger partial charge is 0.259 e. The maximum atomic E-state index is 11.9. The molecule has 8 heteroatoms. The quantitative estimate of drug-likeness (QED) is 0.504. The van der Waals surface area contributed by atoms with E-state index >= 15 is 0 Å². The van der Waals surface area contributed by atoms with Gasteiger partial charge in [0, 0.05) is 5.56 Å². The maximum Gasteiger partial charge on any atom is 0.259 e. The van der Waals surface area contributed by atoms with Crippen LogP contribution in [0.5, 0.6) is 17.2 Å². The van der Waals surface area contributed by atoms with Crippen LogP contribution in [0.25, 0.3) is 0 Å². The minimum atomic E-state index is -0.443. The van der Waals surface area contributed by atoms with Crippen molar-refractivity contribution >= 4 is 18.0 Å². The Balaban J connectivity index is 1.80. The molecule has 2 rings (SSSR count). The first kappa shape index (κ1) is 20.8. The average Bonchev–Trinajstić information content (AvgIpc) is 2.72. The molecular formula is C20H23N3O5. The Kier molecular flexibility index (Phi) is 7.83. The molecule has 0 atom stereocenters. The SMILES string of the molecule is COc1ccc(CC(=O)NCC(=O)N/N=C\c2cc(OC)ccc2OC)cc1. The van der Waals surface area contributed by atoms with E-state index in [2.05, 4.69) is 15.8 Å². The van der Waals surface area contributed by atoms with Crippen LogP contribution in [-0.2, 0) is 16.0 Å². The maximum absolute atomic E-state index is 11.9. The minimum Gasteiger partial charge on any atom is -0.497 e. The molecule has 0 saturated carbocycles. The number of nitrogens with one attached hydrogen (secondary N) is 2. The molecule has 28 heavy (non-hydrogen) atoms. The zero-order chi connectivity index (χ0) is 20.4. The highest BCUT2D eigenvalue weighted by molar-refractivity contribution is 5.88. The summed E-state index contributed by atoms with van der Waals surface area (Å²) in [5.74, 6) is 1.24. The van der Waals surface area contributed by atoms with Crippen molar-refractivity contribution in [3.05, 3.63) is 53.6 Å². The summed E-state index contributed by atoms with van der Waals surface area (Å²) in [7, 11) is 4.67. The van der Waals surface area contributed by atoms with Crippen molar-refractivity contribution in [1.82, 2.24) is 10.7 Å². The van der Waals surface area contributed by atoms with Gasteiger partial charge in [0.2, 0.25) is 5.91 Å². The van der Waals surface area contributed by atoms with Crippen molar-refractivity contribution in [2.45, 2.75) is 6.42 Å². The molecule has 2 aromatic rings. The van der Waals surface area contributed by atoms with E-state index in [-0.39, 0.29) is 18.9 Å². The summed E-state index contributed by atoms with van der Waals surface area (Å²) in [5, 5.41) is 6.43. The van der Waals surface area contributed by atoms with E-state index in [1.165, 1.54) is 13.3 Å². The standard InChI is InChI=1S/C20H23N3O5/c1-26-16-6-4-14(5-7-16)10-19(24)21-13-20(25)23-22-12-15-11-17(27-2)8-9-18(15)28-3/h4-9,11-12H,10,13H2,1-3H3,(H,21,24)(H,23,25)/b22-12-. The van der Waals surface area contributed by atoms with Gasteiger partial charge < -0.3 is 19.5 Å². The lowest BCUT2D eigenvalue weighted by Crippen LogP contribution is -2.35. The number of hydrogen-bond acceptors (Lipinski definition) is 6. The minimum absolute atomic E-state index is 0.168. The van der Waals surface area contributed by atoms with Gasteiger partial charge in [-0.3, -0.25) is 9.59 Å². The molecule has 0 aliphatic rings. The van der Waals surface area contributed by atoms with Crippen LogP contribution in [0.4, 0.5) is 0 Å². The van der Waals surface area contributed by atoms with Crippen LogP contribution in [-0.4, -0.2) is 45.9 Å².